The molecule has 1 aromatic heterocycles. The standard InChI is InChI=1S/C8H3Cl2F6NO3S/c9-2-3-4(7(11,12)13)1-5(21(10,18)19)17-6(3)20-8(14,15)16/h1H,2H2. The number of alkyl halides is 7. The normalized spacial score (nSPS) is 13.3. The summed E-state index contributed by atoms with van der Waals surface area (Å²) in [7, 11) is -0.0260. The highest BCUT2D eigenvalue weighted by Gasteiger charge is 2.40. The molecule has 0 fully saturated rings. The highest BCUT2D eigenvalue weighted by molar-refractivity contribution is 8.13. The van der Waals surface area contributed by atoms with Gasteiger partial charge in [-0.05, 0) is 6.07 Å². The van der Waals surface area contributed by atoms with Crippen molar-refractivity contribution in [2.24, 2.45) is 0 Å². The van der Waals surface area contributed by atoms with Gasteiger partial charge >= 0.3 is 12.5 Å². The van der Waals surface area contributed by atoms with E-state index in [4.69, 9.17) is 22.3 Å². The van der Waals surface area contributed by atoms with Crippen LogP contribution in [0.3, 0.4) is 0 Å². The second-order valence-corrected chi connectivity index (χ2v) is 6.19. The number of rotatable bonds is 3. The van der Waals surface area contributed by atoms with Crippen LogP contribution in [0.5, 0.6) is 5.88 Å². The van der Waals surface area contributed by atoms with Crippen LogP contribution in [-0.2, 0) is 21.1 Å². The Hall–Kier alpha value is -0.940. The molecule has 0 amide bonds. The highest BCUT2D eigenvalue weighted by Crippen LogP contribution is 2.39. The van der Waals surface area contributed by atoms with E-state index in [2.05, 4.69) is 9.72 Å². The van der Waals surface area contributed by atoms with E-state index >= 15 is 0 Å². The zero-order valence-electron chi connectivity index (χ0n) is 9.39. The van der Waals surface area contributed by atoms with Gasteiger partial charge in [0.1, 0.15) is 0 Å². The minimum atomic E-state index is -5.40. The van der Waals surface area contributed by atoms with Crippen molar-refractivity contribution < 1.29 is 39.5 Å². The van der Waals surface area contributed by atoms with Gasteiger partial charge in [0.25, 0.3) is 9.05 Å². The molecule has 4 nitrogen and oxygen atoms in total. The third-order valence-electron chi connectivity index (χ3n) is 1.96. The molecule has 0 saturated carbocycles. The van der Waals surface area contributed by atoms with Crippen LogP contribution in [0.2, 0.25) is 0 Å². The van der Waals surface area contributed by atoms with Gasteiger partial charge in [-0.1, -0.05) is 0 Å². The average molecular weight is 378 g/mol. The molecular weight excluding hydrogens is 375 g/mol. The van der Waals surface area contributed by atoms with Gasteiger partial charge in [0.15, 0.2) is 5.03 Å². The SMILES string of the molecule is O=S(=O)(Cl)c1cc(C(F)(F)F)c(CCl)c(OC(F)(F)F)n1. The second kappa shape index (κ2) is 5.69. The number of pyridine rings is 1. The van der Waals surface area contributed by atoms with Crippen LogP contribution < -0.4 is 4.74 Å². The number of ether oxygens (including phenoxy) is 1. The van der Waals surface area contributed by atoms with Gasteiger partial charge in [0.2, 0.25) is 5.88 Å². The Kier molecular flexibility index (Phi) is 4.91. The molecule has 0 aliphatic heterocycles. The number of aromatic nitrogens is 1. The van der Waals surface area contributed by atoms with Crippen molar-refractivity contribution in [3.63, 3.8) is 0 Å². The summed E-state index contributed by atoms with van der Waals surface area (Å²) in [5.74, 6) is -2.68. The predicted molar refractivity (Wildman–Crippen MR) is 58.5 cm³/mol. The first-order valence-electron chi connectivity index (χ1n) is 4.63. The molecule has 0 bridgehead atoms. The Morgan fingerprint density at radius 2 is 1.71 bits per heavy atom. The van der Waals surface area contributed by atoms with Gasteiger partial charge in [0, 0.05) is 16.2 Å². The summed E-state index contributed by atoms with van der Waals surface area (Å²) < 4.78 is 100.0. The van der Waals surface area contributed by atoms with Gasteiger partial charge in [-0.2, -0.15) is 18.2 Å². The lowest BCUT2D eigenvalue weighted by Crippen LogP contribution is -2.21. The monoisotopic (exact) mass is 377 g/mol. The van der Waals surface area contributed by atoms with Crippen molar-refractivity contribution in [2.75, 3.05) is 0 Å². The lowest BCUT2D eigenvalue weighted by molar-refractivity contribution is -0.276. The number of halogens is 8. The van der Waals surface area contributed by atoms with Crippen LogP contribution in [-0.4, -0.2) is 19.8 Å². The average Bonchev–Trinajstić information content (AvgIpc) is 2.23. The maximum Gasteiger partial charge on any atom is 0.574 e. The Bertz CT molecular complexity index is 643. The van der Waals surface area contributed by atoms with Crippen molar-refractivity contribution in [2.45, 2.75) is 23.4 Å². The van der Waals surface area contributed by atoms with E-state index in [9.17, 15) is 34.8 Å². The molecule has 0 aromatic carbocycles. The summed E-state index contributed by atoms with van der Waals surface area (Å²) in [5.41, 5.74) is -2.91. The number of nitrogens with zero attached hydrogens (tertiary/aromatic N) is 1. The summed E-state index contributed by atoms with van der Waals surface area (Å²) in [6.07, 6.45) is -10.6. The highest BCUT2D eigenvalue weighted by atomic mass is 35.7. The van der Waals surface area contributed by atoms with Crippen LogP contribution in [0.25, 0.3) is 0 Å². The maximum atomic E-state index is 12.8. The molecule has 0 N–H and O–H groups in total. The molecule has 1 heterocycles. The second-order valence-electron chi connectivity index (χ2n) is 3.41. The maximum absolute atomic E-state index is 12.8. The molecule has 0 aliphatic rings. The molecule has 1 aromatic rings. The first-order chi connectivity index (χ1) is 9.25. The molecule has 0 unspecified atom stereocenters. The van der Waals surface area contributed by atoms with E-state index in [0.717, 1.165) is 0 Å². The fourth-order valence-electron chi connectivity index (χ4n) is 1.23. The molecule has 0 atom stereocenters. The molecule has 0 spiro atoms. The van der Waals surface area contributed by atoms with Crippen molar-refractivity contribution in [3.05, 3.63) is 17.2 Å². The molecule has 120 valence electrons. The molecule has 1 rings (SSSR count). The minimum absolute atomic E-state index is 0.0245. The fraction of sp³-hybridized carbons (Fsp3) is 0.375. The first-order valence-corrected chi connectivity index (χ1v) is 7.47. The minimum Gasteiger partial charge on any atom is -0.387 e. The zero-order valence-corrected chi connectivity index (χ0v) is 11.7. The van der Waals surface area contributed by atoms with E-state index in [1.54, 1.807) is 0 Å². The largest absolute Gasteiger partial charge is 0.574 e. The quantitative estimate of drug-likeness (QED) is 0.458. The van der Waals surface area contributed by atoms with Gasteiger partial charge in [-0.3, -0.25) is 0 Å². The molecule has 0 saturated heterocycles. The van der Waals surface area contributed by atoms with Gasteiger partial charge < -0.3 is 4.74 Å². The van der Waals surface area contributed by atoms with Gasteiger partial charge in [0.05, 0.1) is 11.4 Å². The summed E-state index contributed by atoms with van der Waals surface area (Å²) in [6.45, 7) is 0. The topological polar surface area (TPSA) is 56.3 Å². The van der Waals surface area contributed by atoms with Crippen molar-refractivity contribution in [3.8, 4) is 5.88 Å². The third-order valence-corrected chi connectivity index (χ3v) is 3.41. The molecule has 0 radical (unpaired) electrons. The van der Waals surface area contributed by atoms with Crippen molar-refractivity contribution in [1.29, 1.82) is 0 Å². The Balaban J connectivity index is 3.68. The number of hydrogen-bond acceptors (Lipinski definition) is 4. The van der Waals surface area contributed by atoms with Crippen LogP contribution >= 0.6 is 22.3 Å². The van der Waals surface area contributed by atoms with Gasteiger partial charge in [-0.15, -0.1) is 24.8 Å². The Morgan fingerprint density at radius 3 is 2.05 bits per heavy atom. The van der Waals surface area contributed by atoms with Crippen molar-refractivity contribution >= 4 is 31.3 Å². The Labute approximate surface area is 123 Å². The number of hydrogen-bond donors (Lipinski definition) is 0. The summed E-state index contributed by atoms with van der Waals surface area (Å²) in [5, 5.41) is -1.44. The van der Waals surface area contributed by atoms with E-state index < -0.39 is 49.5 Å². The summed E-state index contributed by atoms with van der Waals surface area (Å²) >= 11 is 5.17. The van der Waals surface area contributed by atoms with Crippen LogP contribution in [0.1, 0.15) is 11.1 Å². The van der Waals surface area contributed by atoms with Crippen LogP contribution in [0, 0.1) is 0 Å². The molecule has 21 heavy (non-hydrogen) atoms. The molecule has 13 heteroatoms. The van der Waals surface area contributed by atoms with Crippen LogP contribution in [0.4, 0.5) is 26.3 Å². The lowest BCUT2D eigenvalue weighted by atomic mass is 10.1. The van der Waals surface area contributed by atoms with E-state index in [-0.39, 0.29) is 6.07 Å². The Morgan fingerprint density at radius 1 is 1.19 bits per heavy atom. The summed E-state index contributed by atoms with van der Waals surface area (Å²) in [4.78, 5) is 2.83. The van der Waals surface area contributed by atoms with E-state index in [0.29, 0.717) is 0 Å². The molecular formula is C8H3Cl2F6NO3S. The smallest absolute Gasteiger partial charge is 0.387 e. The molecule has 0 aliphatic carbocycles. The van der Waals surface area contributed by atoms with E-state index in [1.807, 2.05) is 0 Å². The van der Waals surface area contributed by atoms with Crippen LogP contribution in [0.15, 0.2) is 11.1 Å². The third kappa shape index (κ3) is 4.78. The lowest BCUT2D eigenvalue weighted by Gasteiger charge is -2.17. The summed E-state index contributed by atoms with van der Waals surface area (Å²) in [6, 6.07) is -0.0245. The van der Waals surface area contributed by atoms with Crippen molar-refractivity contribution in [1.82, 2.24) is 4.98 Å². The predicted octanol–water partition coefficient (Wildman–Crippen LogP) is 3.67. The zero-order chi connectivity index (χ0) is 16.6. The first kappa shape index (κ1) is 18.1. The van der Waals surface area contributed by atoms with Gasteiger partial charge in [-0.25, -0.2) is 8.42 Å². The fourth-order valence-corrected chi connectivity index (χ4v) is 2.17. The van der Waals surface area contributed by atoms with E-state index in [1.165, 1.54) is 0 Å².